The lowest BCUT2D eigenvalue weighted by Gasteiger charge is -2.41. The molecule has 0 bridgehead atoms. The van der Waals surface area contributed by atoms with Gasteiger partial charge in [-0.2, -0.15) is 5.10 Å². The van der Waals surface area contributed by atoms with Gasteiger partial charge in [0, 0.05) is 47.9 Å². The molecule has 2 fully saturated rings. The molecule has 0 aliphatic carbocycles. The third-order valence-corrected chi connectivity index (χ3v) is 9.09. The molecule has 2 saturated heterocycles. The number of carbonyl (C=O) groups excluding carboxylic acids is 1. The molecule has 2 aliphatic heterocycles. The fourth-order valence-electron chi connectivity index (χ4n) is 4.82. The Kier molecular flexibility index (Phi) is 7.29. The SMILES string of the molecule is O=C(OC1(CN2CCOCC2)CCS(=O)(=O)CC1)c1nn(Cc2ccc(Cl)cc2Cl)c2ccccc12. The number of fused-ring (bicyclic) bond motifs is 1. The lowest BCUT2D eigenvalue weighted by atomic mass is 9.95. The van der Waals surface area contributed by atoms with Crippen LogP contribution in [-0.2, 0) is 25.9 Å². The second kappa shape index (κ2) is 10.3. The minimum Gasteiger partial charge on any atom is -0.453 e. The second-order valence-corrected chi connectivity index (χ2v) is 12.5. The van der Waals surface area contributed by atoms with Crippen molar-refractivity contribution in [1.82, 2.24) is 14.7 Å². The zero-order valence-corrected chi connectivity index (χ0v) is 22.0. The molecule has 0 unspecified atom stereocenters. The van der Waals surface area contributed by atoms with Gasteiger partial charge in [0.1, 0.15) is 5.60 Å². The van der Waals surface area contributed by atoms with Crippen LogP contribution in [0, 0.1) is 0 Å². The Morgan fingerprint density at radius 1 is 1.08 bits per heavy atom. The van der Waals surface area contributed by atoms with Crippen molar-refractivity contribution >= 4 is 49.9 Å². The smallest absolute Gasteiger partial charge is 0.360 e. The van der Waals surface area contributed by atoms with Crippen LogP contribution in [-0.4, -0.2) is 79.0 Å². The average molecular weight is 552 g/mol. The summed E-state index contributed by atoms with van der Waals surface area (Å²) in [4.78, 5) is 15.8. The summed E-state index contributed by atoms with van der Waals surface area (Å²) in [6, 6.07) is 12.7. The first-order chi connectivity index (χ1) is 17.2. The van der Waals surface area contributed by atoms with E-state index in [0.717, 1.165) is 11.1 Å². The lowest BCUT2D eigenvalue weighted by molar-refractivity contribution is -0.0574. The summed E-state index contributed by atoms with van der Waals surface area (Å²) >= 11 is 12.4. The first kappa shape index (κ1) is 25.5. The lowest BCUT2D eigenvalue weighted by Crippen LogP contribution is -2.53. The van der Waals surface area contributed by atoms with Crippen LogP contribution in [0.5, 0.6) is 0 Å². The van der Waals surface area contributed by atoms with E-state index in [-0.39, 0.29) is 30.0 Å². The molecule has 8 nitrogen and oxygen atoms in total. The van der Waals surface area contributed by atoms with Crippen molar-refractivity contribution in [2.75, 3.05) is 44.4 Å². The molecule has 11 heteroatoms. The van der Waals surface area contributed by atoms with E-state index < -0.39 is 21.4 Å². The molecule has 192 valence electrons. The number of halogens is 2. The van der Waals surface area contributed by atoms with Crippen LogP contribution >= 0.6 is 23.2 Å². The van der Waals surface area contributed by atoms with Gasteiger partial charge in [-0.15, -0.1) is 0 Å². The Balaban J connectivity index is 1.44. The van der Waals surface area contributed by atoms with Crippen LogP contribution in [0.4, 0.5) is 0 Å². The fourth-order valence-corrected chi connectivity index (χ4v) is 6.86. The van der Waals surface area contributed by atoms with Crippen molar-refractivity contribution in [3.8, 4) is 0 Å². The number of hydrogen-bond acceptors (Lipinski definition) is 7. The molecule has 0 amide bonds. The Morgan fingerprint density at radius 2 is 1.81 bits per heavy atom. The van der Waals surface area contributed by atoms with Gasteiger partial charge in [0.25, 0.3) is 0 Å². The normalized spacial score (nSPS) is 19.8. The van der Waals surface area contributed by atoms with Crippen LogP contribution in [0.1, 0.15) is 28.9 Å². The number of para-hydroxylation sites is 1. The van der Waals surface area contributed by atoms with Gasteiger partial charge in [-0.3, -0.25) is 9.58 Å². The summed E-state index contributed by atoms with van der Waals surface area (Å²) in [6.45, 7) is 3.45. The number of aromatic nitrogens is 2. The maximum Gasteiger partial charge on any atom is 0.360 e. The van der Waals surface area contributed by atoms with Gasteiger partial charge in [-0.1, -0.05) is 47.5 Å². The quantitative estimate of drug-likeness (QED) is 0.430. The molecule has 2 aromatic carbocycles. The molecule has 2 aliphatic rings. The fraction of sp³-hybridized carbons (Fsp3) is 0.440. The first-order valence-corrected chi connectivity index (χ1v) is 14.4. The molecular formula is C25H27Cl2N3O5S. The summed E-state index contributed by atoms with van der Waals surface area (Å²) in [5.74, 6) is -0.566. The monoisotopic (exact) mass is 551 g/mol. The number of benzene rings is 2. The molecule has 5 rings (SSSR count). The largest absolute Gasteiger partial charge is 0.453 e. The van der Waals surface area contributed by atoms with Crippen molar-refractivity contribution in [1.29, 1.82) is 0 Å². The Hall–Kier alpha value is -2.17. The molecule has 0 saturated carbocycles. The van der Waals surface area contributed by atoms with Gasteiger partial charge in [-0.25, -0.2) is 13.2 Å². The Bertz CT molecular complexity index is 1370. The van der Waals surface area contributed by atoms with Crippen molar-refractivity contribution < 1.29 is 22.7 Å². The number of nitrogens with zero attached hydrogens (tertiary/aromatic N) is 3. The summed E-state index contributed by atoms with van der Waals surface area (Å²) in [6.07, 6.45) is 0.523. The summed E-state index contributed by atoms with van der Waals surface area (Å²) in [5, 5.41) is 6.34. The molecule has 36 heavy (non-hydrogen) atoms. The van der Waals surface area contributed by atoms with Gasteiger partial charge in [0.2, 0.25) is 0 Å². The van der Waals surface area contributed by atoms with Gasteiger partial charge in [0.05, 0.1) is 36.8 Å². The predicted octanol–water partition coefficient (Wildman–Crippen LogP) is 3.83. The molecule has 1 aromatic heterocycles. The van der Waals surface area contributed by atoms with Crippen molar-refractivity contribution in [3.63, 3.8) is 0 Å². The molecule has 3 heterocycles. The zero-order chi connectivity index (χ0) is 25.3. The number of esters is 1. The number of sulfone groups is 1. The van der Waals surface area contributed by atoms with E-state index >= 15 is 0 Å². The highest BCUT2D eigenvalue weighted by molar-refractivity contribution is 7.91. The van der Waals surface area contributed by atoms with Crippen molar-refractivity contribution in [2.24, 2.45) is 0 Å². The third-order valence-electron chi connectivity index (χ3n) is 6.85. The minimum atomic E-state index is -3.14. The number of rotatable bonds is 6. The Labute approximate surface area is 220 Å². The standard InChI is InChI=1S/C25H27Cl2N3O5S/c26-19-6-5-18(21(27)15-19)16-30-22-4-2-1-3-20(22)23(28-30)24(31)35-25(7-13-36(32,33)14-8-25)17-29-9-11-34-12-10-29/h1-6,15H,7-14,16-17H2. The number of carbonyl (C=O) groups is 1. The molecule has 0 spiro atoms. The maximum atomic E-state index is 13.6. The highest BCUT2D eigenvalue weighted by Crippen LogP contribution is 2.32. The number of ether oxygens (including phenoxy) is 2. The van der Waals surface area contributed by atoms with E-state index in [2.05, 4.69) is 10.00 Å². The van der Waals surface area contributed by atoms with Crippen LogP contribution < -0.4 is 0 Å². The van der Waals surface area contributed by atoms with E-state index in [0.29, 0.717) is 54.8 Å². The van der Waals surface area contributed by atoms with Crippen molar-refractivity contribution in [2.45, 2.75) is 25.0 Å². The second-order valence-electron chi connectivity index (χ2n) is 9.37. The molecule has 0 N–H and O–H groups in total. The Morgan fingerprint density at radius 3 is 2.53 bits per heavy atom. The van der Waals surface area contributed by atoms with Crippen LogP contribution in [0.3, 0.4) is 0 Å². The topological polar surface area (TPSA) is 90.7 Å². The third kappa shape index (κ3) is 5.55. The first-order valence-electron chi connectivity index (χ1n) is 11.9. The highest BCUT2D eigenvalue weighted by atomic mass is 35.5. The van der Waals surface area contributed by atoms with Crippen LogP contribution in [0.25, 0.3) is 10.9 Å². The average Bonchev–Trinajstić information content (AvgIpc) is 3.22. The number of morpholine rings is 1. The zero-order valence-electron chi connectivity index (χ0n) is 19.7. The summed E-state index contributed by atoms with van der Waals surface area (Å²) in [5.41, 5.74) is 0.884. The van der Waals surface area contributed by atoms with Crippen molar-refractivity contribution in [3.05, 3.63) is 63.8 Å². The molecular weight excluding hydrogens is 525 g/mol. The van der Waals surface area contributed by atoms with E-state index in [1.165, 1.54) is 0 Å². The van der Waals surface area contributed by atoms with Gasteiger partial charge >= 0.3 is 5.97 Å². The predicted molar refractivity (Wildman–Crippen MR) is 139 cm³/mol. The molecule has 0 atom stereocenters. The van der Waals surface area contributed by atoms with E-state index in [9.17, 15) is 13.2 Å². The summed E-state index contributed by atoms with van der Waals surface area (Å²) in [7, 11) is -3.14. The number of hydrogen-bond donors (Lipinski definition) is 0. The summed E-state index contributed by atoms with van der Waals surface area (Å²) < 4.78 is 37.7. The van der Waals surface area contributed by atoms with E-state index in [1.54, 1.807) is 16.8 Å². The van der Waals surface area contributed by atoms with E-state index in [1.807, 2.05) is 30.3 Å². The van der Waals surface area contributed by atoms with Gasteiger partial charge < -0.3 is 9.47 Å². The van der Waals surface area contributed by atoms with E-state index in [4.69, 9.17) is 32.7 Å². The molecule has 3 aromatic rings. The van der Waals surface area contributed by atoms with Gasteiger partial charge in [-0.05, 0) is 23.8 Å². The molecule has 0 radical (unpaired) electrons. The maximum absolute atomic E-state index is 13.6. The van der Waals surface area contributed by atoms with Gasteiger partial charge in [0.15, 0.2) is 15.5 Å². The highest BCUT2D eigenvalue weighted by Gasteiger charge is 2.43. The minimum absolute atomic E-state index is 0.00509. The van der Waals surface area contributed by atoms with Crippen LogP contribution in [0.2, 0.25) is 10.0 Å². The van der Waals surface area contributed by atoms with Crippen LogP contribution in [0.15, 0.2) is 42.5 Å².